The molecule has 17 heavy (non-hydrogen) atoms. The molecule has 3 atom stereocenters. The molecule has 2 aliphatic rings. The molecule has 0 heterocycles. The topological polar surface area (TPSA) is 0 Å². The quantitative estimate of drug-likeness (QED) is 0.682. The van der Waals surface area contributed by atoms with Crippen molar-refractivity contribution in [3.8, 4) is 0 Å². The molecule has 0 N–H and O–H groups in total. The molecule has 0 spiro atoms. The second-order valence-corrected chi connectivity index (χ2v) is 6.88. The van der Waals surface area contributed by atoms with E-state index in [2.05, 4.69) is 34.1 Å². The van der Waals surface area contributed by atoms with Gasteiger partial charge < -0.3 is 0 Å². The molecule has 2 heteroatoms. The first-order valence-electron chi connectivity index (χ1n) is 6.52. The lowest BCUT2D eigenvalue weighted by atomic mass is 9.71. The van der Waals surface area contributed by atoms with Crippen LogP contribution in [0.5, 0.6) is 0 Å². The van der Waals surface area contributed by atoms with Crippen LogP contribution in [-0.4, -0.2) is 5.33 Å². The minimum absolute atomic E-state index is 0.508. The van der Waals surface area contributed by atoms with E-state index in [0.717, 1.165) is 22.2 Å². The van der Waals surface area contributed by atoms with Crippen LogP contribution < -0.4 is 0 Å². The van der Waals surface area contributed by atoms with Gasteiger partial charge in [0.15, 0.2) is 0 Å². The van der Waals surface area contributed by atoms with Gasteiger partial charge in [-0.25, -0.2) is 0 Å². The van der Waals surface area contributed by atoms with E-state index in [-0.39, 0.29) is 0 Å². The van der Waals surface area contributed by atoms with Crippen LogP contribution in [0.1, 0.15) is 31.2 Å². The third-order valence-corrected chi connectivity index (χ3v) is 6.17. The van der Waals surface area contributed by atoms with Gasteiger partial charge in [0, 0.05) is 10.4 Å². The molecule has 3 unspecified atom stereocenters. The molecular formula is C15H18BrCl. The summed E-state index contributed by atoms with van der Waals surface area (Å²) >= 11 is 9.86. The molecule has 2 bridgehead atoms. The predicted molar refractivity (Wildman–Crippen MR) is 76.8 cm³/mol. The number of fused-ring (bicyclic) bond motifs is 2. The largest absolute Gasteiger partial charge is 0.0922 e. The van der Waals surface area contributed by atoms with Crippen molar-refractivity contribution >= 4 is 27.5 Å². The lowest BCUT2D eigenvalue weighted by Crippen LogP contribution is -2.32. The van der Waals surface area contributed by atoms with Crippen LogP contribution in [0.2, 0.25) is 5.02 Å². The summed E-state index contributed by atoms with van der Waals surface area (Å²) in [5, 5.41) is 2.02. The maximum atomic E-state index is 6.09. The normalized spacial score (nSPS) is 35.4. The van der Waals surface area contributed by atoms with Crippen molar-refractivity contribution in [1.29, 1.82) is 0 Å². The van der Waals surface area contributed by atoms with E-state index in [9.17, 15) is 0 Å². The molecule has 1 aromatic carbocycles. The Morgan fingerprint density at radius 1 is 1.35 bits per heavy atom. The highest BCUT2D eigenvalue weighted by atomic mass is 79.9. The Morgan fingerprint density at radius 3 is 2.82 bits per heavy atom. The number of benzene rings is 1. The highest BCUT2D eigenvalue weighted by molar-refractivity contribution is 9.09. The Balaban J connectivity index is 1.83. The molecule has 3 rings (SSSR count). The zero-order valence-corrected chi connectivity index (χ0v) is 12.3. The first-order valence-corrected chi connectivity index (χ1v) is 8.02. The molecule has 92 valence electrons. The fourth-order valence-corrected chi connectivity index (χ4v) is 5.14. The van der Waals surface area contributed by atoms with Crippen LogP contribution in [-0.2, 0) is 6.42 Å². The van der Waals surface area contributed by atoms with Crippen LogP contribution in [0.25, 0.3) is 0 Å². The SMILES string of the molecule is Clc1cccc(CC2(CBr)CC3CCC2C3)c1. The van der Waals surface area contributed by atoms with Gasteiger partial charge in [-0.1, -0.05) is 46.1 Å². The number of halogens is 2. The molecule has 0 saturated heterocycles. The molecule has 1 aromatic rings. The summed E-state index contributed by atoms with van der Waals surface area (Å²) < 4.78 is 0. The molecule has 2 saturated carbocycles. The Bertz CT molecular complexity index is 417. The van der Waals surface area contributed by atoms with E-state index in [1.807, 2.05) is 6.07 Å². The van der Waals surface area contributed by atoms with Crippen molar-refractivity contribution in [3.63, 3.8) is 0 Å². The summed E-state index contributed by atoms with van der Waals surface area (Å²) in [4.78, 5) is 0. The number of hydrogen-bond acceptors (Lipinski definition) is 0. The minimum Gasteiger partial charge on any atom is -0.0922 e. The standard InChI is InChI=1S/C15H18BrCl/c16-10-15(9-12-4-5-13(15)6-12)8-11-2-1-3-14(17)7-11/h1-3,7,12-13H,4-6,8-10H2. The van der Waals surface area contributed by atoms with Crippen molar-refractivity contribution < 1.29 is 0 Å². The summed E-state index contributed by atoms with van der Waals surface area (Å²) in [7, 11) is 0. The Morgan fingerprint density at radius 2 is 2.24 bits per heavy atom. The zero-order chi connectivity index (χ0) is 11.9. The molecule has 2 fully saturated rings. The first-order chi connectivity index (χ1) is 8.22. The highest BCUT2D eigenvalue weighted by Gasteiger charge is 2.49. The van der Waals surface area contributed by atoms with E-state index < -0.39 is 0 Å². The van der Waals surface area contributed by atoms with Gasteiger partial charge >= 0.3 is 0 Å². The summed E-state index contributed by atoms with van der Waals surface area (Å²) in [6.07, 6.45) is 6.98. The maximum absolute atomic E-state index is 6.09. The van der Waals surface area contributed by atoms with Gasteiger partial charge in [0.05, 0.1) is 0 Å². The van der Waals surface area contributed by atoms with E-state index in [0.29, 0.717) is 5.41 Å². The van der Waals surface area contributed by atoms with Crippen LogP contribution >= 0.6 is 27.5 Å². The van der Waals surface area contributed by atoms with Gasteiger partial charge in [0.1, 0.15) is 0 Å². The number of alkyl halides is 1. The molecular weight excluding hydrogens is 296 g/mol. The van der Waals surface area contributed by atoms with E-state index >= 15 is 0 Å². The average Bonchev–Trinajstić information content (AvgIpc) is 2.89. The maximum Gasteiger partial charge on any atom is 0.0408 e. The van der Waals surface area contributed by atoms with Gasteiger partial charge in [0.25, 0.3) is 0 Å². The van der Waals surface area contributed by atoms with Crippen LogP contribution in [0.15, 0.2) is 24.3 Å². The summed E-state index contributed by atoms with van der Waals surface area (Å²) in [6.45, 7) is 0. The monoisotopic (exact) mass is 312 g/mol. The first kappa shape index (κ1) is 12.0. The Labute approximate surface area is 117 Å². The molecule has 0 nitrogen and oxygen atoms in total. The van der Waals surface area contributed by atoms with E-state index in [1.165, 1.54) is 37.7 Å². The number of rotatable bonds is 3. The molecule has 2 aliphatic carbocycles. The number of hydrogen-bond donors (Lipinski definition) is 0. The van der Waals surface area contributed by atoms with E-state index in [1.54, 1.807) is 0 Å². The van der Waals surface area contributed by atoms with Crippen molar-refractivity contribution in [1.82, 2.24) is 0 Å². The summed E-state index contributed by atoms with van der Waals surface area (Å²) in [6, 6.07) is 8.40. The van der Waals surface area contributed by atoms with Gasteiger partial charge in [0.2, 0.25) is 0 Å². The second-order valence-electron chi connectivity index (χ2n) is 5.88. The smallest absolute Gasteiger partial charge is 0.0408 e. The van der Waals surface area contributed by atoms with Gasteiger partial charge in [-0.15, -0.1) is 0 Å². The van der Waals surface area contributed by atoms with Crippen molar-refractivity contribution in [2.24, 2.45) is 17.3 Å². The fraction of sp³-hybridized carbons (Fsp3) is 0.600. The highest BCUT2D eigenvalue weighted by Crippen LogP contribution is 2.58. The molecule has 0 amide bonds. The lowest BCUT2D eigenvalue weighted by molar-refractivity contribution is 0.197. The Hall–Kier alpha value is -0.0100. The molecule has 0 aromatic heterocycles. The molecule has 0 radical (unpaired) electrons. The van der Waals surface area contributed by atoms with Crippen molar-refractivity contribution in [3.05, 3.63) is 34.9 Å². The average molecular weight is 314 g/mol. The third-order valence-electron chi connectivity index (χ3n) is 4.81. The summed E-state index contributed by atoms with van der Waals surface area (Å²) in [5.74, 6) is 1.93. The fourth-order valence-electron chi connectivity index (χ4n) is 4.04. The summed E-state index contributed by atoms with van der Waals surface area (Å²) in [5.41, 5.74) is 1.91. The van der Waals surface area contributed by atoms with Crippen LogP contribution in [0, 0.1) is 17.3 Å². The molecule has 0 aliphatic heterocycles. The second kappa shape index (κ2) is 4.59. The van der Waals surface area contributed by atoms with Gasteiger partial charge in [-0.3, -0.25) is 0 Å². The zero-order valence-electron chi connectivity index (χ0n) is 9.96. The predicted octanol–water partition coefficient (Wildman–Crippen LogP) is 5.08. The van der Waals surface area contributed by atoms with Crippen molar-refractivity contribution in [2.75, 3.05) is 5.33 Å². The van der Waals surface area contributed by atoms with Crippen molar-refractivity contribution in [2.45, 2.75) is 32.1 Å². The van der Waals surface area contributed by atoms with Gasteiger partial charge in [-0.2, -0.15) is 0 Å². The van der Waals surface area contributed by atoms with Crippen LogP contribution in [0.3, 0.4) is 0 Å². The Kier molecular flexibility index (Phi) is 3.25. The van der Waals surface area contributed by atoms with Gasteiger partial charge in [-0.05, 0) is 60.6 Å². The van der Waals surface area contributed by atoms with E-state index in [4.69, 9.17) is 11.6 Å². The third kappa shape index (κ3) is 2.17. The minimum atomic E-state index is 0.508. The lowest BCUT2D eigenvalue weighted by Gasteiger charge is -2.36. The van der Waals surface area contributed by atoms with Crippen LogP contribution in [0.4, 0.5) is 0 Å².